The lowest BCUT2D eigenvalue weighted by atomic mass is 10.2. The van der Waals surface area contributed by atoms with Crippen LogP contribution in [0, 0.1) is 0 Å². The van der Waals surface area contributed by atoms with Crippen molar-refractivity contribution in [1.29, 1.82) is 0 Å². The number of carboxylic acid groups (broad SMARTS) is 1. The topological polar surface area (TPSA) is 50.2 Å². The molecule has 0 radical (unpaired) electrons. The summed E-state index contributed by atoms with van der Waals surface area (Å²) in [7, 11) is 0. The van der Waals surface area contributed by atoms with Gasteiger partial charge in [-0.15, -0.1) is 0 Å². The van der Waals surface area contributed by atoms with Crippen molar-refractivity contribution in [1.82, 2.24) is 4.98 Å². The fraction of sp³-hybridized carbons (Fsp3) is 0. The van der Waals surface area contributed by atoms with Crippen molar-refractivity contribution in [3.05, 3.63) is 35.6 Å². The Morgan fingerprint density at radius 1 is 1.58 bits per heavy atom. The van der Waals surface area contributed by atoms with Crippen molar-refractivity contribution in [2.75, 3.05) is 0 Å². The van der Waals surface area contributed by atoms with Crippen LogP contribution in [0.1, 0.15) is 5.69 Å². The molecule has 1 heterocycles. The Morgan fingerprint density at radius 3 is 2.67 bits per heavy atom. The van der Waals surface area contributed by atoms with E-state index in [0.717, 1.165) is 0 Å². The highest BCUT2D eigenvalue weighted by Crippen LogP contribution is 2.12. The molecule has 0 aliphatic rings. The van der Waals surface area contributed by atoms with Gasteiger partial charge in [0, 0.05) is 6.20 Å². The van der Waals surface area contributed by atoms with Gasteiger partial charge in [0.2, 0.25) is 0 Å². The van der Waals surface area contributed by atoms with Crippen molar-refractivity contribution in [3.8, 4) is 0 Å². The highest BCUT2D eigenvalue weighted by molar-refractivity contribution is 6.30. The number of hydrogen-bond donors (Lipinski definition) is 1. The molecule has 0 bridgehead atoms. The zero-order valence-electron chi connectivity index (χ0n) is 6.12. The summed E-state index contributed by atoms with van der Waals surface area (Å²) in [6.45, 7) is 3.35. The molecule has 0 amide bonds. The Hall–Kier alpha value is -1.35. The van der Waals surface area contributed by atoms with E-state index in [9.17, 15) is 4.79 Å². The molecule has 62 valence electrons. The van der Waals surface area contributed by atoms with E-state index in [0.29, 0.717) is 10.7 Å². The normalized spacial score (nSPS) is 9.42. The first-order valence-corrected chi connectivity index (χ1v) is 3.53. The molecule has 0 aromatic carbocycles. The van der Waals surface area contributed by atoms with E-state index >= 15 is 0 Å². The molecule has 0 saturated carbocycles. The molecule has 1 rings (SSSR count). The molecular formula is C8H6ClNO2. The SMILES string of the molecule is C=C(C(=O)O)c1ccc(Cl)cn1. The first-order chi connectivity index (χ1) is 5.61. The average Bonchev–Trinajstić information content (AvgIpc) is 2.04. The number of pyridine rings is 1. The molecule has 0 spiro atoms. The largest absolute Gasteiger partial charge is 0.478 e. The number of nitrogens with zero attached hydrogens (tertiary/aromatic N) is 1. The Kier molecular flexibility index (Phi) is 2.45. The molecule has 0 unspecified atom stereocenters. The van der Waals surface area contributed by atoms with Gasteiger partial charge >= 0.3 is 5.97 Å². The fourth-order valence-corrected chi connectivity index (χ4v) is 0.776. The monoisotopic (exact) mass is 183 g/mol. The number of aromatic nitrogens is 1. The van der Waals surface area contributed by atoms with Crippen LogP contribution in [0.2, 0.25) is 5.02 Å². The summed E-state index contributed by atoms with van der Waals surface area (Å²) in [4.78, 5) is 14.2. The van der Waals surface area contributed by atoms with Gasteiger partial charge in [-0.05, 0) is 12.1 Å². The average molecular weight is 184 g/mol. The summed E-state index contributed by atoms with van der Waals surface area (Å²) in [6.07, 6.45) is 1.38. The minimum Gasteiger partial charge on any atom is -0.478 e. The summed E-state index contributed by atoms with van der Waals surface area (Å²) in [5.74, 6) is -1.08. The Labute approximate surface area is 74.3 Å². The van der Waals surface area contributed by atoms with Crippen LogP contribution >= 0.6 is 11.6 Å². The van der Waals surface area contributed by atoms with Crippen molar-refractivity contribution in [2.24, 2.45) is 0 Å². The van der Waals surface area contributed by atoms with E-state index in [1.807, 2.05) is 0 Å². The molecule has 0 aliphatic carbocycles. The number of carbonyl (C=O) groups is 1. The van der Waals surface area contributed by atoms with Crippen LogP contribution in [-0.2, 0) is 4.79 Å². The third-order valence-electron chi connectivity index (χ3n) is 1.29. The molecule has 4 heteroatoms. The van der Waals surface area contributed by atoms with Gasteiger partial charge in [0.15, 0.2) is 0 Å². The van der Waals surface area contributed by atoms with E-state index in [-0.39, 0.29) is 5.57 Å². The van der Waals surface area contributed by atoms with Crippen molar-refractivity contribution in [3.63, 3.8) is 0 Å². The Bertz CT molecular complexity index is 318. The Balaban J connectivity index is 2.98. The molecule has 3 nitrogen and oxygen atoms in total. The molecule has 1 N–H and O–H groups in total. The summed E-state index contributed by atoms with van der Waals surface area (Å²) in [5.41, 5.74) is 0.290. The van der Waals surface area contributed by atoms with E-state index < -0.39 is 5.97 Å². The molecule has 0 fully saturated rings. The number of rotatable bonds is 2. The third kappa shape index (κ3) is 1.83. The quantitative estimate of drug-likeness (QED) is 0.712. The van der Waals surface area contributed by atoms with Crippen LogP contribution in [0.5, 0.6) is 0 Å². The summed E-state index contributed by atoms with van der Waals surface area (Å²) in [5, 5.41) is 9.00. The molecule has 1 aromatic heterocycles. The van der Waals surface area contributed by atoms with E-state index in [2.05, 4.69) is 11.6 Å². The van der Waals surface area contributed by atoms with Crippen LogP contribution in [0.15, 0.2) is 24.9 Å². The number of halogens is 1. The first kappa shape index (κ1) is 8.74. The second-order valence-corrected chi connectivity index (χ2v) is 2.58. The highest BCUT2D eigenvalue weighted by atomic mass is 35.5. The third-order valence-corrected chi connectivity index (χ3v) is 1.52. The standard InChI is InChI=1S/C8H6ClNO2/c1-5(8(11)12)7-3-2-6(9)4-10-7/h2-4H,1H2,(H,11,12). The summed E-state index contributed by atoms with van der Waals surface area (Å²) in [6, 6.07) is 3.08. The number of aliphatic carboxylic acids is 1. The highest BCUT2D eigenvalue weighted by Gasteiger charge is 2.07. The summed E-state index contributed by atoms with van der Waals surface area (Å²) < 4.78 is 0. The summed E-state index contributed by atoms with van der Waals surface area (Å²) >= 11 is 5.56. The van der Waals surface area contributed by atoms with Crippen LogP contribution < -0.4 is 0 Å². The van der Waals surface area contributed by atoms with Gasteiger partial charge in [0.25, 0.3) is 0 Å². The molecule has 0 saturated heterocycles. The van der Waals surface area contributed by atoms with Crippen molar-refractivity contribution >= 4 is 23.1 Å². The van der Waals surface area contributed by atoms with Gasteiger partial charge in [-0.1, -0.05) is 18.2 Å². The lowest BCUT2D eigenvalue weighted by Crippen LogP contribution is -1.99. The minimum absolute atomic E-state index is 0.0355. The minimum atomic E-state index is -1.08. The van der Waals surface area contributed by atoms with Crippen LogP contribution in [0.4, 0.5) is 0 Å². The van der Waals surface area contributed by atoms with Gasteiger partial charge in [-0.3, -0.25) is 4.98 Å². The first-order valence-electron chi connectivity index (χ1n) is 3.15. The predicted octanol–water partition coefficient (Wildman–Crippen LogP) is 1.83. The second-order valence-electron chi connectivity index (χ2n) is 2.15. The van der Waals surface area contributed by atoms with Gasteiger partial charge in [-0.25, -0.2) is 4.79 Å². The maximum absolute atomic E-state index is 10.4. The Morgan fingerprint density at radius 2 is 2.25 bits per heavy atom. The van der Waals surface area contributed by atoms with Gasteiger partial charge in [0.1, 0.15) is 0 Å². The molecule has 12 heavy (non-hydrogen) atoms. The molecule has 0 atom stereocenters. The van der Waals surface area contributed by atoms with Crippen molar-refractivity contribution in [2.45, 2.75) is 0 Å². The smallest absolute Gasteiger partial charge is 0.337 e. The van der Waals surface area contributed by atoms with Crippen molar-refractivity contribution < 1.29 is 9.90 Å². The molecule has 0 aliphatic heterocycles. The lowest BCUT2D eigenvalue weighted by molar-refractivity contribution is -0.130. The number of hydrogen-bond acceptors (Lipinski definition) is 2. The second kappa shape index (κ2) is 3.36. The van der Waals surface area contributed by atoms with Gasteiger partial charge < -0.3 is 5.11 Å². The van der Waals surface area contributed by atoms with Gasteiger partial charge in [0.05, 0.1) is 16.3 Å². The fourth-order valence-electron chi connectivity index (χ4n) is 0.664. The van der Waals surface area contributed by atoms with E-state index in [1.54, 1.807) is 6.07 Å². The van der Waals surface area contributed by atoms with Crippen LogP contribution in [0.3, 0.4) is 0 Å². The zero-order valence-corrected chi connectivity index (χ0v) is 6.88. The van der Waals surface area contributed by atoms with E-state index in [4.69, 9.17) is 16.7 Å². The van der Waals surface area contributed by atoms with Crippen LogP contribution in [-0.4, -0.2) is 16.1 Å². The number of carboxylic acids is 1. The molecule has 1 aromatic rings. The van der Waals surface area contributed by atoms with Crippen LogP contribution in [0.25, 0.3) is 5.57 Å². The zero-order chi connectivity index (χ0) is 9.14. The lowest BCUT2D eigenvalue weighted by Gasteiger charge is -1.97. The van der Waals surface area contributed by atoms with E-state index in [1.165, 1.54) is 12.3 Å². The maximum atomic E-state index is 10.4. The maximum Gasteiger partial charge on any atom is 0.337 e. The molecular weight excluding hydrogens is 178 g/mol. The van der Waals surface area contributed by atoms with Gasteiger partial charge in [-0.2, -0.15) is 0 Å². The predicted molar refractivity (Wildman–Crippen MR) is 45.9 cm³/mol.